The van der Waals surface area contributed by atoms with Crippen LogP contribution in [0.3, 0.4) is 0 Å². The van der Waals surface area contributed by atoms with Gasteiger partial charge in [0.1, 0.15) is 5.82 Å². The zero-order valence-electron chi connectivity index (χ0n) is 19.3. The van der Waals surface area contributed by atoms with Crippen LogP contribution in [0.15, 0.2) is 35.7 Å². The number of imidazole rings is 1. The van der Waals surface area contributed by atoms with E-state index in [9.17, 15) is 4.79 Å². The Morgan fingerprint density at radius 2 is 1.85 bits per heavy atom. The van der Waals surface area contributed by atoms with Crippen LogP contribution in [0.25, 0.3) is 11.0 Å². The minimum absolute atomic E-state index is 0.0377. The summed E-state index contributed by atoms with van der Waals surface area (Å²) in [6.07, 6.45) is 7.08. The van der Waals surface area contributed by atoms with Gasteiger partial charge in [-0.15, -0.1) is 11.3 Å². The van der Waals surface area contributed by atoms with E-state index in [-0.39, 0.29) is 5.91 Å². The lowest BCUT2D eigenvalue weighted by Gasteiger charge is -2.22. The lowest BCUT2D eigenvalue weighted by molar-refractivity contribution is 0.0927. The average Bonchev–Trinajstić information content (AvgIpc) is 3.43. The van der Waals surface area contributed by atoms with Crippen LogP contribution in [0.4, 0.5) is 4.79 Å². The molecule has 1 aromatic carbocycles. The van der Waals surface area contributed by atoms with Gasteiger partial charge in [0.25, 0.3) is 5.91 Å². The van der Waals surface area contributed by atoms with Crippen LogP contribution in [0.5, 0.6) is 0 Å². The summed E-state index contributed by atoms with van der Waals surface area (Å²) in [6, 6.07) is 11.1. The van der Waals surface area contributed by atoms with E-state index in [1.165, 1.54) is 24.1 Å². The van der Waals surface area contributed by atoms with Crippen LogP contribution in [0.2, 0.25) is 0 Å². The van der Waals surface area contributed by atoms with E-state index in [2.05, 4.69) is 47.3 Å². The first-order valence-electron chi connectivity index (χ1n) is 11.7. The van der Waals surface area contributed by atoms with Gasteiger partial charge < -0.3 is 20.1 Å². The van der Waals surface area contributed by atoms with E-state index in [0.717, 1.165) is 54.5 Å². The summed E-state index contributed by atoms with van der Waals surface area (Å²) in [7, 11) is 0. The molecule has 178 valence electrons. The highest BCUT2D eigenvalue weighted by molar-refractivity contribution is 7.09. The third-order valence-electron chi connectivity index (χ3n) is 6.19. The molecule has 7 nitrogen and oxygen atoms in total. The van der Waals surface area contributed by atoms with Gasteiger partial charge in [-0.05, 0) is 55.3 Å². The Hall–Kier alpha value is -2.87. The molecule has 1 aliphatic rings. The molecule has 1 amide bonds. The normalized spacial score (nSPS) is 14.2. The third kappa shape index (κ3) is 6.57. The maximum atomic E-state index is 12.8. The van der Waals surface area contributed by atoms with Crippen LogP contribution in [-0.2, 0) is 6.42 Å². The van der Waals surface area contributed by atoms with E-state index in [0.29, 0.717) is 12.1 Å². The van der Waals surface area contributed by atoms with E-state index in [4.69, 9.17) is 20.0 Å². The fraction of sp³-hybridized carbons (Fsp3) is 0.480. The second kappa shape index (κ2) is 11.8. The number of carboxylic acid groups (broad SMARTS) is 2. The van der Waals surface area contributed by atoms with Gasteiger partial charge in [-0.3, -0.25) is 4.79 Å². The topological polar surface area (TPSA) is 104 Å². The first kappa shape index (κ1) is 24.8. The molecule has 0 unspecified atom stereocenters. The fourth-order valence-corrected chi connectivity index (χ4v) is 5.26. The summed E-state index contributed by atoms with van der Waals surface area (Å²) in [6.45, 7) is 4.47. The van der Waals surface area contributed by atoms with Gasteiger partial charge in [0.2, 0.25) is 0 Å². The minimum atomic E-state index is -1.83. The molecule has 0 saturated heterocycles. The number of amides is 1. The highest BCUT2D eigenvalue weighted by Gasteiger charge is 2.20. The second-order valence-electron chi connectivity index (χ2n) is 8.42. The smallest absolute Gasteiger partial charge is 0.450 e. The van der Waals surface area contributed by atoms with Crippen molar-refractivity contribution in [2.75, 3.05) is 0 Å². The molecule has 4 rings (SSSR count). The summed E-state index contributed by atoms with van der Waals surface area (Å²) in [5, 5.41) is 19.3. The standard InChI is InChI=1S/C24H31N3OS.CH2O3/c1-3-19(4-2)27-22-13-12-17(24(28)25-18-9-6-5-7-10-18)15-21(22)26-23(27)16-20-11-8-14-29-20;2-1(3)4/h8,11-15,18-19H,3-7,9-10,16H2,1-2H3,(H,25,28);(H2,2,3,4). The largest absolute Gasteiger partial charge is 0.503 e. The summed E-state index contributed by atoms with van der Waals surface area (Å²) in [4.78, 5) is 27.7. The van der Waals surface area contributed by atoms with Crippen molar-refractivity contribution in [3.05, 3.63) is 52.0 Å². The Kier molecular flexibility index (Phi) is 8.88. The van der Waals surface area contributed by atoms with E-state index in [1.54, 1.807) is 11.3 Å². The van der Waals surface area contributed by atoms with E-state index < -0.39 is 6.16 Å². The number of rotatable bonds is 7. The lowest BCUT2D eigenvalue weighted by atomic mass is 9.95. The number of hydrogen-bond acceptors (Lipinski definition) is 4. The number of nitrogens with zero attached hydrogens (tertiary/aromatic N) is 2. The Labute approximate surface area is 198 Å². The van der Waals surface area contributed by atoms with Crippen LogP contribution >= 0.6 is 11.3 Å². The molecule has 8 heteroatoms. The van der Waals surface area contributed by atoms with Gasteiger partial charge >= 0.3 is 6.16 Å². The zero-order valence-corrected chi connectivity index (χ0v) is 20.1. The van der Waals surface area contributed by atoms with Crippen molar-refractivity contribution >= 4 is 34.4 Å². The second-order valence-corrected chi connectivity index (χ2v) is 9.45. The Morgan fingerprint density at radius 1 is 1.15 bits per heavy atom. The molecule has 3 N–H and O–H groups in total. The average molecular weight is 472 g/mol. The van der Waals surface area contributed by atoms with Crippen LogP contribution < -0.4 is 5.32 Å². The van der Waals surface area contributed by atoms with Gasteiger partial charge in [0.05, 0.1) is 11.0 Å². The van der Waals surface area contributed by atoms with E-state index >= 15 is 0 Å². The minimum Gasteiger partial charge on any atom is -0.450 e. The molecule has 0 bridgehead atoms. The van der Waals surface area contributed by atoms with Crippen molar-refractivity contribution < 1.29 is 19.8 Å². The van der Waals surface area contributed by atoms with Crippen LogP contribution in [-0.4, -0.2) is 37.9 Å². The van der Waals surface area contributed by atoms with Crippen molar-refractivity contribution in [1.29, 1.82) is 0 Å². The summed E-state index contributed by atoms with van der Waals surface area (Å²) >= 11 is 1.77. The number of benzene rings is 1. The van der Waals surface area contributed by atoms with Crippen LogP contribution in [0, 0.1) is 0 Å². The Bertz CT molecular complexity index is 1050. The molecular formula is C25H33N3O4S. The fourth-order valence-electron chi connectivity index (χ4n) is 4.56. The molecule has 33 heavy (non-hydrogen) atoms. The van der Waals surface area contributed by atoms with Gasteiger partial charge in [0.15, 0.2) is 0 Å². The summed E-state index contributed by atoms with van der Waals surface area (Å²) in [5.74, 6) is 1.14. The molecule has 2 aromatic heterocycles. The molecule has 1 saturated carbocycles. The van der Waals surface area contributed by atoms with Gasteiger partial charge in [-0.1, -0.05) is 39.2 Å². The van der Waals surface area contributed by atoms with Crippen molar-refractivity contribution in [1.82, 2.24) is 14.9 Å². The molecule has 0 spiro atoms. The number of fused-ring (bicyclic) bond motifs is 1. The number of carbonyl (C=O) groups excluding carboxylic acids is 1. The number of carbonyl (C=O) groups is 2. The number of aromatic nitrogens is 2. The monoisotopic (exact) mass is 471 g/mol. The SMILES string of the molecule is CCC(CC)n1c(Cc2cccs2)nc2cc(C(=O)NC3CCCCC3)ccc21.O=C(O)O. The van der Waals surface area contributed by atoms with Crippen molar-refractivity contribution in [2.24, 2.45) is 0 Å². The van der Waals surface area contributed by atoms with Gasteiger partial charge in [-0.2, -0.15) is 0 Å². The molecule has 1 aliphatic carbocycles. The Balaban J connectivity index is 0.000000709. The van der Waals surface area contributed by atoms with Crippen molar-refractivity contribution in [2.45, 2.75) is 77.3 Å². The molecule has 3 aromatic rings. The van der Waals surface area contributed by atoms with Crippen molar-refractivity contribution in [3.8, 4) is 0 Å². The molecule has 0 aliphatic heterocycles. The summed E-state index contributed by atoms with van der Waals surface area (Å²) in [5.41, 5.74) is 2.79. The third-order valence-corrected chi connectivity index (χ3v) is 7.06. The maximum absolute atomic E-state index is 12.8. The first-order chi connectivity index (χ1) is 15.9. The van der Waals surface area contributed by atoms with Gasteiger partial charge in [-0.25, -0.2) is 9.78 Å². The molecular weight excluding hydrogens is 438 g/mol. The van der Waals surface area contributed by atoms with Gasteiger partial charge in [0, 0.05) is 28.9 Å². The molecule has 0 radical (unpaired) electrons. The zero-order chi connectivity index (χ0) is 23.8. The summed E-state index contributed by atoms with van der Waals surface area (Å²) < 4.78 is 2.40. The molecule has 2 heterocycles. The number of hydrogen-bond donors (Lipinski definition) is 3. The quantitative estimate of drug-likeness (QED) is 0.373. The number of thiophene rings is 1. The van der Waals surface area contributed by atoms with Crippen LogP contribution in [0.1, 0.15) is 85.9 Å². The lowest BCUT2D eigenvalue weighted by Crippen LogP contribution is -2.36. The Morgan fingerprint density at radius 3 is 2.45 bits per heavy atom. The molecule has 0 atom stereocenters. The van der Waals surface area contributed by atoms with Crippen molar-refractivity contribution in [3.63, 3.8) is 0 Å². The first-order valence-corrected chi connectivity index (χ1v) is 12.6. The number of nitrogens with one attached hydrogen (secondary N) is 1. The highest BCUT2D eigenvalue weighted by Crippen LogP contribution is 2.28. The maximum Gasteiger partial charge on any atom is 0.503 e. The molecule has 1 fully saturated rings. The van der Waals surface area contributed by atoms with E-state index in [1.807, 2.05) is 12.1 Å². The predicted octanol–water partition coefficient (Wildman–Crippen LogP) is 6.33. The predicted molar refractivity (Wildman–Crippen MR) is 131 cm³/mol. The highest BCUT2D eigenvalue weighted by atomic mass is 32.1.